The highest BCUT2D eigenvalue weighted by molar-refractivity contribution is 6.34. The van der Waals surface area contributed by atoms with E-state index in [9.17, 15) is 15.2 Å². The van der Waals surface area contributed by atoms with Crippen molar-refractivity contribution in [3.8, 4) is 5.75 Å². The molecule has 2 aromatic heterocycles. The molecule has 3 heterocycles. The average molecular weight is 463 g/mol. The molecule has 1 aliphatic rings. The molecular formula is C21H23ClN4O6. The van der Waals surface area contributed by atoms with Crippen molar-refractivity contribution in [2.45, 2.75) is 44.8 Å². The Labute approximate surface area is 188 Å². The second-order valence-electron chi connectivity index (χ2n) is 7.53. The van der Waals surface area contributed by atoms with Crippen LogP contribution >= 0.6 is 11.6 Å². The van der Waals surface area contributed by atoms with Gasteiger partial charge in [-0.1, -0.05) is 11.6 Å². The Bertz CT molecular complexity index is 1140. The van der Waals surface area contributed by atoms with Gasteiger partial charge in [0.15, 0.2) is 0 Å². The fourth-order valence-electron chi connectivity index (χ4n) is 3.93. The van der Waals surface area contributed by atoms with Crippen LogP contribution in [0.2, 0.25) is 5.15 Å². The predicted octanol–water partition coefficient (Wildman–Crippen LogP) is 3.95. The third-order valence-corrected chi connectivity index (χ3v) is 5.89. The number of halogens is 1. The van der Waals surface area contributed by atoms with Gasteiger partial charge < -0.3 is 23.9 Å². The van der Waals surface area contributed by atoms with E-state index in [0.29, 0.717) is 22.3 Å². The molecule has 170 valence electrons. The summed E-state index contributed by atoms with van der Waals surface area (Å²) < 4.78 is 18.9. The SMILES string of the molecule is COc1ccc(C(C)OCc2cn([C@H]3CC[C@@H](CO)O3)c3ncnc(Cl)c23)c([N+](=O)[O-])c1. The maximum atomic E-state index is 11.5. The number of benzene rings is 1. The van der Waals surface area contributed by atoms with Crippen LogP contribution in [0.3, 0.4) is 0 Å². The van der Waals surface area contributed by atoms with E-state index in [0.717, 1.165) is 18.4 Å². The number of aliphatic hydroxyl groups excluding tert-OH is 1. The van der Waals surface area contributed by atoms with Gasteiger partial charge in [0, 0.05) is 11.8 Å². The lowest BCUT2D eigenvalue weighted by molar-refractivity contribution is -0.386. The topological polar surface area (TPSA) is 122 Å². The third-order valence-electron chi connectivity index (χ3n) is 5.60. The molecule has 0 spiro atoms. The smallest absolute Gasteiger partial charge is 0.278 e. The second kappa shape index (κ2) is 9.37. The average Bonchev–Trinajstić information content (AvgIpc) is 3.42. The number of ether oxygens (including phenoxy) is 3. The summed E-state index contributed by atoms with van der Waals surface area (Å²) in [6.07, 6.45) is 3.64. The first-order chi connectivity index (χ1) is 15.4. The molecule has 1 saturated heterocycles. The van der Waals surface area contributed by atoms with Gasteiger partial charge in [0.1, 0.15) is 29.1 Å². The fraction of sp³-hybridized carbons (Fsp3) is 0.429. The maximum absolute atomic E-state index is 11.5. The van der Waals surface area contributed by atoms with Gasteiger partial charge >= 0.3 is 0 Å². The molecule has 3 atom stereocenters. The molecule has 1 fully saturated rings. The Morgan fingerprint density at radius 2 is 2.22 bits per heavy atom. The van der Waals surface area contributed by atoms with Crippen molar-refractivity contribution < 1.29 is 24.2 Å². The van der Waals surface area contributed by atoms with Crippen molar-refractivity contribution >= 4 is 28.3 Å². The Morgan fingerprint density at radius 1 is 1.41 bits per heavy atom. The summed E-state index contributed by atoms with van der Waals surface area (Å²) >= 11 is 6.37. The zero-order valence-electron chi connectivity index (χ0n) is 17.6. The van der Waals surface area contributed by atoms with Crippen LogP contribution in [0.5, 0.6) is 5.75 Å². The number of fused-ring (bicyclic) bond motifs is 1. The molecule has 1 unspecified atom stereocenters. The largest absolute Gasteiger partial charge is 0.497 e. The van der Waals surface area contributed by atoms with E-state index in [1.807, 2.05) is 10.8 Å². The van der Waals surface area contributed by atoms with E-state index in [-0.39, 0.29) is 36.4 Å². The standard InChI is InChI=1S/C21H23ClN4O6/c1-12(16-5-3-14(30-2)7-17(16)26(28)29)31-10-13-8-25(18-6-4-15(9-27)32-18)21-19(13)20(22)23-11-24-21/h3,5,7-8,11-12,15,18,27H,4,6,9-10H2,1-2H3/t12?,15-,18+/m0/s1. The molecule has 1 aromatic carbocycles. The van der Waals surface area contributed by atoms with E-state index < -0.39 is 11.0 Å². The number of nitrogens with zero attached hydrogens (tertiary/aromatic N) is 4. The van der Waals surface area contributed by atoms with Gasteiger partial charge in [-0.2, -0.15) is 0 Å². The van der Waals surface area contributed by atoms with Gasteiger partial charge in [-0.05, 0) is 31.9 Å². The molecular weight excluding hydrogens is 440 g/mol. The lowest BCUT2D eigenvalue weighted by Gasteiger charge is -2.15. The number of aromatic nitrogens is 3. The summed E-state index contributed by atoms with van der Waals surface area (Å²) in [4.78, 5) is 19.5. The van der Waals surface area contributed by atoms with Gasteiger partial charge in [0.2, 0.25) is 0 Å². The van der Waals surface area contributed by atoms with Gasteiger partial charge in [-0.25, -0.2) is 9.97 Å². The molecule has 3 aromatic rings. The van der Waals surface area contributed by atoms with Crippen molar-refractivity contribution in [3.63, 3.8) is 0 Å². The van der Waals surface area contributed by atoms with Crippen molar-refractivity contribution in [3.05, 3.63) is 57.1 Å². The second-order valence-corrected chi connectivity index (χ2v) is 7.89. The monoisotopic (exact) mass is 462 g/mol. The Hall–Kier alpha value is -2.79. The highest BCUT2D eigenvalue weighted by Gasteiger charge is 2.29. The van der Waals surface area contributed by atoms with Crippen molar-refractivity contribution in [1.82, 2.24) is 14.5 Å². The summed E-state index contributed by atoms with van der Waals surface area (Å²) in [6, 6.07) is 4.66. The Kier molecular flexibility index (Phi) is 6.56. The molecule has 11 heteroatoms. The fourth-order valence-corrected chi connectivity index (χ4v) is 4.18. The minimum absolute atomic E-state index is 0.0421. The molecule has 0 radical (unpaired) electrons. The number of hydrogen-bond acceptors (Lipinski definition) is 8. The van der Waals surface area contributed by atoms with Crippen LogP contribution in [0, 0.1) is 10.1 Å². The molecule has 1 N–H and O–H groups in total. The van der Waals surface area contributed by atoms with E-state index >= 15 is 0 Å². The number of aliphatic hydroxyl groups is 1. The zero-order valence-corrected chi connectivity index (χ0v) is 18.4. The minimum atomic E-state index is -0.565. The van der Waals surface area contributed by atoms with Crippen molar-refractivity contribution in [1.29, 1.82) is 0 Å². The van der Waals surface area contributed by atoms with Gasteiger partial charge in [0.25, 0.3) is 5.69 Å². The number of nitro groups is 1. The summed E-state index contributed by atoms with van der Waals surface area (Å²) in [5, 5.41) is 21.8. The summed E-state index contributed by atoms with van der Waals surface area (Å²) in [7, 11) is 1.46. The number of nitro benzene ring substituents is 1. The van der Waals surface area contributed by atoms with E-state index in [1.165, 1.54) is 19.5 Å². The first-order valence-corrected chi connectivity index (χ1v) is 10.5. The molecule has 1 aliphatic heterocycles. The van der Waals surface area contributed by atoms with Crippen molar-refractivity contribution in [2.75, 3.05) is 13.7 Å². The van der Waals surface area contributed by atoms with Crippen molar-refractivity contribution in [2.24, 2.45) is 0 Å². The molecule has 0 aliphatic carbocycles. The summed E-state index contributed by atoms with van der Waals surface area (Å²) in [6.45, 7) is 1.84. The predicted molar refractivity (Wildman–Crippen MR) is 116 cm³/mol. The number of hydrogen-bond donors (Lipinski definition) is 1. The molecule has 0 bridgehead atoms. The van der Waals surface area contributed by atoms with Crippen LogP contribution < -0.4 is 4.74 Å². The van der Waals surface area contributed by atoms with Gasteiger partial charge in [-0.15, -0.1) is 0 Å². The quantitative estimate of drug-likeness (QED) is 0.303. The van der Waals surface area contributed by atoms with Crippen LogP contribution in [-0.2, 0) is 16.1 Å². The highest BCUT2D eigenvalue weighted by atomic mass is 35.5. The third kappa shape index (κ3) is 4.26. The van der Waals surface area contributed by atoms with E-state index in [2.05, 4.69) is 9.97 Å². The Morgan fingerprint density at radius 3 is 2.91 bits per heavy atom. The van der Waals surface area contributed by atoms with E-state index in [4.69, 9.17) is 25.8 Å². The minimum Gasteiger partial charge on any atom is -0.497 e. The summed E-state index contributed by atoms with van der Waals surface area (Å²) in [5.41, 5.74) is 1.71. The lowest BCUT2D eigenvalue weighted by Crippen LogP contribution is -2.14. The Balaban J connectivity index is 1.61. The number of methoxy groups -OCH3 is 1. The molecule has 0 amide bonds. The van der Waals surface area contributed by atoms with Gasteiger partial charge in [0.05, 0.1) is 54.5 Å². The van der Waals surface area contributed by atoms with Crippen LogP contribution in [-0.4, -0.2) is 44.4 Å². The highest BCUT2D eigenvalue weighted by Crippen LogP contribution is 2.36. The molecule has 4 rings (SSSR count). The zero-order chi connectivity index (χ0) is 22.8. The first-order valence-electron chi connectivity index (χ1n) is 10.1. The first kappa shape index (κ1) is 22.4. The van der Waals surface area contributed by atoms with Crippen LogP contribution in [0.15, 0.2) is 30.7 Å². The van der Waals surface area contributed by atoms with Gasteiger partial charge in [-0.3, -0.25) is 10.1 Å². The van der Waals surface area contributed by atoms with Crippen LogP contribution in [0.25, 0.3) is 11.0 Å². The maximum Gasteiger partial charge on any atom is 0.278 e. The summed E-state index contributed by atoms with van der Waals surface area (Å²) in [5.74, 6) is 0.400. The van der Waals surface area contributed by atoms with Crippen LogP contribution in [0.4, 0.5) is 5.69 Å². The molecule has 10 nitrogen and oxygen atoms in total. The lowest BCUT2D eigenvalue weighted by atomic mass is 10.1. The molecule has 32 heavy (non-hydrogen) atoms. The van der Waals surface area contributed by atoms with E-state index in [1.54, 1.807) is 19.1 Å². The molecule has 0 saturated carbocycles. The number of rotatable bonds is 8. The van der Waals surface area contributed by atoms with Crippen LogP contribution in [0.1, 0.15) is 43.2 Å². The normalized spacial score (nSPS) is 19.4.